The van der Waals surface area contributed by atoms with Gasteiger partial charge in [0, 0.05) is 20.2 Å². The van der Waals surface area contributed by atoms with Crippen molar-refractivity contribution in [2.75, 3.05) is 44.5 Å². The van der Waals surface area contributed by atoms with Crippen molar-refractivity contribution in [3.05, 3.63) is 0 Å². The molecule has 0 aromatic carbocycles. The molecule has 1 saturated heterocycles. The van der Waals surface area contributed by atoms with Gasteiger partial charge in [-0.2, -0.15) is 15.0 Å². The summed E-state index contributed by atoms with van der Waals surface area (Å²) in [5.41, 5.74) is 5.61. The first-order chi connectivity index (χ1) is 8.69. The van der Waals surface area contributed by atoms with Crippen molar-refractivity contribution in [3.8, 4) is 6.01 Å². The first kappa shape index (κ1) is 12.8. The van der Waals surface area contributed by atoms with Gasteiger partial charge in [-0.05, 0) is 18.8 Å². The Balaban J connectivity index is 2.02. The molecule has 2 N–H and O–H groups in total. The molecule has 0 spiro atoms. The predicted molar refractivity (Wildman–Crippen MR) is 67.6 cm³/mol. The van der Waals surface area contributed by atoms with Crippen LogP contribution in [0.15, 0.2) is 0 Å². The molecule has 0 saturated carbocycles. The monoisotopic (exact) mass is 253 g/mol. The smallest absolute Gasteiger partial charge is 0.322 e. The minimum absolute atomic E-state index is 0.170. The summed E-state index contributed by atoms with van der Waals surface area (Å²) in [4.78, 5) is 14.1. The molecule has 2 rings (SSSR count). The van der Waals surface area contributed by atoms with E-state index in [9.17, 15) is 0 Å². The Morgan fingerprint density at radius 1 is 1.44 bits per heavy atom. The third-order valence-corrected chi connectivity index (χ3v) is 2.93. The van der Waals surface area contributed by atoms with Crippen molar-refractivity contribution in [2.24, 2.45) is 5.92 Å². The molecular formula is C11H19N5O2. The van der Waals surface area contributed by atoms with E-state index < -0.39 is 0 Å². The minimum atomic E-state index is 0.170. The number of methoxy groups -OCH3 is 1. The van der Waals surface area contributed by atoms with Crippen molar-refractivity contribution in [2.45, 2.75) is 12.8 Å². The number of aromatic nitrogens is 3. The van der Waals surface area contributed by atoms with Gasteiger partial charge in [-0.3, -0.25) is 0 Å². The van der Waals surface area contributed by atoms with Gasteiger partial charge < -0.3 is 20.1 Å². The van der Waals surface area contributed by atoms with Crippen molar-refractivity contribution in [3.63, 3.8) is 0 Å². The number of anilines is 2. The lowest BCUT2D eigenvalue weighted by molar-refractivity contribution is 0.0575. The number of nitrogens with two attached hydrogens (primary N) is 1. The summed E-state index contributed by atoms with van der Waals surface area (Å²) >= 11 is 0. The normalized spacial score (nSPS) is 19.6. The summed E-state index contributed by atoms with van der Waals surface area (Å²) in [6.07, 6.45) is 2.28. The zero-order chi connectivity index (χ0) is 13.0. The minimum Gasteiger partial charge on any atom is -0.467 e. The lowest BCUT2D eigenvalue weighted by Gasteiger charge is -2.27. The lowest BCUT2D eigenvalue weighted by atomic mass is 10.0. The van der Waals surface area contributed by atoms with Crippen molar-refractivity contribution >= 4 is 11.9 Å². The molecule has 7 heteroatoms. The number of hydrogen-bond donors (Lipinski definition) is 1. The summed E-state index contributed by atoms with van der Waals surface area (Å²) in [5.74, 6) is 1.21. The first-order valence-corrected chi connectivity index (χ1v) is 6.03. The standard InChI is InChI=1S/C11H19N5O2/c1-16(6-8-4-3-5-18-7-8)10-13-9(12)14-11(15-10)17-2/h8H,3-7H2,1-2H3,(H2,12,13,14,15). The zero-order valence-corrected chi connectivity index (χ0v) is 10.8. The molecule has 1 atom stereocenters. The van der Waals surface area contributed by atoms with Crippen LogP contribution < -0.4 is 15.4 Å². The number of rotatable bonds is 4. The van der Waals surface area contributed by atoms with Crippen LogP contribution in [0.4, 0.5) is 11.9 Å². The summed E-state index contributed by atoms with van der Waals surface area (Å²) in [6.45, 7) is 2.50. The van der Waals surface area contributed by atoms with Gasteiger partial charge in [0.25, 0.3) is 0 Å². The van der Waals surface area contributed by atoms with E-state index >= 15 is 0 Å². The molecule has 1 aromatic rings. The third-order valence-electron chi connectivity index (χ3n) is 2.93. The van der Waals surface area contributed by atoms with E-state index in [1.165, 1.54) is 13.5 Å². The highest BCUT2D eigenvalue weighted by molar-refractivity contribution is 5.35. The molecule has 1 aliphatic rings. The SMILES string of the molecule is COc1nc(N)nc(N(C)CC2CCCOC2)n1. The Bertz CT molecular complexity index is 395. The van der Waals surface area contributed by atoms with Crippen LogP contribution in [0.25, 0.3) is 0 Å². The van der Waals surface area contributed by atoms with E-state index in [1.54, 1.807) is 0 Å². The molecule has 1 aromatic heterocycles. The van der Waals surface area contributed by atoms with Gasteiger partial charge in [0.1, 0.15) is 0 Å². The van der Waals surface area contributed by atoms with Gasteiger partial charge in [0.05, 0.1) is 13.7 Å². The summed E-state index contributed by atoms with van der Waals surface area (Å²) < 4.78 is 10.4. The Morgan fingerprint density at radius 2 is 2.28 bits per heavy atom. The van der Waals surface area contributed by atoms with Crippen LogP contribution in [0.5, 0.6) is 6.01 Å². The molecule has 0 amide bonds. The second-order valence-electron chi connectivity index (χ2n) is 4.44. The van der Waals surface area contributed by atoms with E-state index in [1.807, 2.05) is 11.9 Å². The van der Waals surface area contributed by atoms with Crippen molar-refractivity contribution < 1.29 is 9.47 Å². The number of nitrogen functional groups attached to an aromatic ring is 1. The Labute approximate surface area is 106 Å². The van der Waals surface area contributed by atoms with E-state index in [0.29, 0.717) is 11.9 Å². The van der Waals surface area contributed by atoms with Crippen LogP contribution in [0.1, 0.15) is 12.8 Å². The van der Waals surface area contributed by atoms with Gasteiger partial charge in [0.2, 0.25) is 11.9 Å². The third kappa shape index (κ3) is 3.19. The molecule has 0 radical (unpaired) electrons. The second-order valence-corrected chi connectivity index (χ2v) is 4.44. The predicted octanol–water partition coefficient (Wildman–Crippen LogP) is 0.325. The molecule has 0 aliphatic carbocycles. The summed E-state index contributed by atoms with van der Waals surface area (Å²) in [6, 6.07) is 0.240. The number of ether oxygens (including phenoxy) is 2. The highest BCUT2D eigenvalue weighted by Crippen LogP contribution is 2.18. The molecule has 2 heterocycles. The quantitative estimate of drug-likeness (QED) is 0.827. The molecule has 100 valence electrons. The fraction of sp³-hybridized carbons (Fsp3) is 0.727. The largest absolute Gasteiger partial charge is 0.467 e. The van der Waals surface area contributed by atoms with Gasteiger partial charge in [-0.1, -0.05) is 0 Å². The summed E-state index contributed by atoms with van der Waals surface area (Å²) in [5, 5.41) is 0. The maximum atomic E-state index is 5.61. The Hall–Kier alpha value is -1.63. The van der Waals surface area contributed by atoms with Gasteiger partial charge >= 0.3 is 6.01 Å². The molecule has 7 nitrogen and oxygen atoms in total. The van der Waals surface area contributed by atoms with Crippen molar-refractivity contribution in [1.29, 1.82) is 0 Å². The number of nitrogens with zero attached hydrogens (tertiary/aromatic N) is 4. The van der Waals surface area contributed by atoms with Gasteiger partial charge in [-0.15, -0.1) is 0 Å². The fourth-order valence-corrected chi connectivity index (χ4v) is 2.04. The number of hydrogen-bond acceptors (Lipinski definition) is 7. The highest BCUT2D eigenvalue weighted by atomic mass is 16.5. The van der Waals surface area contributed by atoms with Crippen LogP contribution >= 0.6 is 0 Å². The van der Waals surface area contributed by atoms with Gasteiger partial charge in [0.15, 0.2) is 0 Å². The molecule has 1 unspecified atom stereocenters. The van der Waals surface area contributed by atoms with Crippen LogP contribution in [-0.4, -0.2) is 48.9 Å². The maximum absolute atomic E-state index is 5.61. The average Bonchev–Trinajstić information content (AvgIpc) is 2.39. The van der Waals surface area contributed by atoms with Crippen molar-refractivity contribution in [1.82, 2.24) is 15.0 Å². The van der Waals surface area contributed by atoms with Crippen LogP contribution in [0.3, 0.4) is 0 Å². The second kappa shape index (κ2) is 5.81. The molecule has 1 fully saturated rings. The van der Waals surface area contributed by atoms with Crippen LogP contribution in [-0.2, 0) is 4.74 Å². The summed E-state index contributed by atoms with van der Waals surface area (Å²) in [7, 11) is 3.44. The molecule has 0 bridgehead atoms. The fourth-order valence-electron chi connectivity index (χ4n) is 2.04. The van der Waals surface area contributed by atoms with Crippen LogP contribution in [0, 0.1) is 5.92 Å². The molecule has 18 heavy (non-hydrogen) atoms. The van der Waals surface area contributed by atoms with E-state index in [0.717, 1.165) is 26.2 Å². The molecule has 1 aliphatic heterocycles. The lowest BCUT2D eigenvalue weighted by Crippen LogP contribution is -2.32. The first-order valence-electron chi connectivity index (χ1n) is 6.03. The Kier molecular flexibility index (Phi) is 4.14. The average molecular weight is 253 g/mol. The van der Waals surface area contributed by atoms with Crippen LogP contribution in [0.2, 0.25) is 0 Å². The van der Waals surface area contributed by atoms with E-state index in [4.69, 9.17) is 15.2 Å². The van der Waals surface area contributed by atoms with E-state index in [2.05, 4.69) is 15.0 Å². The van der Waals surface area contributed by atoms with Gasteiger partial charge in [-0.25, -0.2) is 0 Å². The zero-order valence-electron chi connectivity index (χ0n) is 10.8. The topological polar surface area (TPSA) is 86.4 Å². The molecular weight excluding hydrogens is 234 g/mol. The van der Waals surface area contributed by atoms with E-state index in [-0.39, 0.29) is 12.0 Å². The highest BCUT2D eigenvalue weighted by Gasteiger charge is 2.18. The Morgan fingerprint density at radius 3 is 2.94 bits per heavy atom. The maximum Gasteiger partial charge on any atom is 0.322 e.